The fourth-order valence-corrected chi connectivity index (χ4v) is 1.48. The zero-order valence-electron chi connectivity index (χ0n) is 8.27. The Morgan fingerprint density at radius 1 is 1.43 bits per heavy atom. The van der Waals surface area contributed by atoms with Crippen LogP contribution in [0.3, 0.4) is 0 Å². The summed E-state index contributed by atoms with van der Waals surface area (Å²) in [5.74, 6) is -1.59. The molecule has 3 N–H and O–H groups in total. The predicted molar refractivity (Wildman–Crippen MR) is 50.2 cm³/mol. The summed E-state index contributed by atoms with van der Waals surface area (Å²) in [5.41, 5.74) is 5.04. The molecule has 1 saturated heterocycles. The second kappa shape index (κ2) is 4.41. The van der Waals surface area contributed by atoms with E-state index in [1.165, 1.54) is 6.92 Å². The van der Waals surface area contributed by atoms with Gasteiger partial charge in [-0.25, -0.2) is 0 Å². The first-order valence-electron chi connectivity index (χ1n) is 4.78. The van der Waals surface area contributed by atoms with E-state index in [0.717, 1.165) is 0 Å². The molecule has 80 valence electrons. The van der Waals surface area contributed by atoms with Crippen molar-refractivity contribution in [2.24, 2.45) is 11.7 Å². The van der Waals surface area contributed by atoms with Crippen molar-refractivity contribution in [3.8, 4) is 0 Å². The Morgan fingerprint density at radius 2 is 1.93 bits per heavy atom. The number of likely N-dealkylation sites (tertiary alicyclic amines) is 1. The third kappa shape index (κ3) is 2.45. The molecule has 2 amide bonds. The highest BCUT2D eigenvalue weighted by molar-refractivity contribution is 5.99. The lowest BCUT2D eigenvalue weighted by Gasteiger charge is -2.30. The Hall–Kier alpha value is -1.10. The van der Waals surface area contributed by atoms with Gasteiger partial charge in [-0.05, 0) is 19.8 Å². The molecule has 1 fully saturated rings. The van der Waals surface area contributed by atoms with E-state index in [2.05, 4.69) is 0 Å². The Bertz CT molecular complexity index is 234. The van der Waals surface area contributed by atoms with E-state index >= 15 is 0 Å². The van der Waals surface area contributed by atoms with Crippen LogP contribution in [0.5, 0.6) is 0 Å². The molecule has 1 aliphatic rings. The van der Waals surface area contributed by atoms with Crippen LogP contribution in [0, 0.1) is 5.92 Å². The van der Waals surface area contributed by atoms with Crippen molar-refractivity contribution in [2.45, 2.75) is 25.9 Å². The van der Waals surface area contributed by atoms with Crippen molar-refractivity contribution in [3.63, 3.8) is 0 Å². The normalized spacial score (nSPS) is 20.6. The van der Waals surface area contributed by atoms with Crippen LogP contribution in [0.2, 0.25) is 0 Å². The molecule has 5 heteroatoms. The fourth-order valence-electron chi connectivity index (χ4n) is 1.48. The molecule has 0 saturated carbocycles. The van der Waals surface area contributed by atoms with Gasteiger partial charge in [-0.15, -0.1) is 0 Å². The van der Waals surface area contributed by atoms with Crippen LogP contribution >= 0.6 is 0 Å². The van der Waals surface area contributed by atoms with E-state index in [1.54, 1.807) is 4.90 Å². The number of nitrogens with zero attached hydrogens (tertiary/aromatic N) is 1. The zero-order chi connectivity index (χ0) is 10.7. The van der Waals surface area contributed by atoms with E-state index in [4.69, 9.17) is 5.73 Å². The zero-order valence-corrected chi connectivity index (χ0v) is 8.27. The molecule has 0 aromatic rings. The average molecular weight is 200 g/mol. The van der Waals surface area contributed by atoms with Gasteiger partial charge in [0.2, 0.25) is 11.8 Å². The van der Waals surface area contributed by atoms with Crippen LogP contribution in [0.15, 0.2) is 0 Å². The molecule has 0 spiro atoms. The number of carbonyl (C=O) groups excluding carboxylic acids is 2. The largest absolute Gasteiger partial charge is 0.393 e. The lowest BCUT2D eigenvalue weighted by molar-refractivity contribution is -0.141. The minimum atomic E-state index is -0.759. The first kappa shape index (κ1) is 11.0. The van der Waals surface area contributed by atoms with E-state index < -0.39 is 11.8 Å². The maximum atomic E-state index is 11.6. The minimum absolute atomic E-state index is 0.232. The number of nitrogens with two attached hydrogens (primary N) is 1. The number of carbonyl (C=O) groups is 2. The maximum absolute atomic E-state index is 11.6. The molecule has 0 bridgehead atoms. The number of hydrogen-bond donors (Lipinski definition) is 2. The molecule has 0 radical (unpaired) electrons. The van der Waals surface area contributed by atoms with Crippen LogP contribution in [0.1, 0.15) is 19.8 Å². The molecule has 1 unspecified atom stereocenters. The van der Waals surface area contributed by atoms with E-state index in [-0.39, 0.29) is 12.0 Å². The lowest BCUT2D eigenvalue weighted by Crippen LogP contribution is -2.45. The second-order valence-electron chi connectivity index (χ2n) is 3.68. The Morgan fingerprint density at radius 3 is 2.36 bits per heavy atom. The second-order valence-corrected chi connectivity index (χ2v) is 3.68. The summed E-state index contributed by atoms with van der Waals surface area (Å²) >= 11 is 0. The molecular weight excluding hydrogens is 184 g/mol. The van der Waals surface area contributed by atoms with Gasteiger partial charge in [-0.3, -0.25) is 9.59 Å². The number of hydrogen-bond acceptors (Lipinski definition) is 3. The Kier molecular flexibility index (Phi) is 3.46. The number of rotatable bonds is 2. The molecule has 0 aromatic heterocycles. The smallest absolute Gasteiger partial charge is 0.234 e. The summed E-state index contributed by atoms with van der Waals surface area (Å²) in [4.78, 5) is 23.9. The molecular formula is C9H16N2O3. The van der Waals surface area contributed by atoms with Gasteiger partial charge in [0.25, 0.3) is 0 Å². The molecule has 0 aliphatic carbocycles. The van der Waals surface area contributed by atoms with E-state index in [9.17, 15) is 14.7 Å². The first-order valence-corrected chi connectivity index (χ1v) is 4.78. The number of piperidine rings is 1. The summed E-state index contributed by atoms with van der Waals surface area (Å²) in [7, 11) is 0. The van der Waals surface area contributed by atoms with Gasteiger partial charge < -0.3 is 15.7 Å². The minimum Gasteiger partial charge on any atom is -0.393 e. The van der Waals surface area contributed by atoms with Crippen molar-refractivity contribution < 1.29 is 14.7 Å². The highest BCUT2D eigenvalue weighted by atomic mass is 16.3. The average Bonchev–Trinajstić information content (AvgIpc) is 2.16. The molecule has 5 nitrogen and oxygen atoms in total. The molecule has 1 atom stereocenters. The number of primary amides is 1. The summed E-state index contributed by atoms with van der Waals surface area (Å²) in [6.45, 7) is 2.53. The summed E-state index contributed by atoms with van der Waals surface area (Å²) < 4.78 is 0. The van der Waals surface area contributed by atoms with Crippen LogP contribution in [0.25, 0.3) is 0 Å². The van der Waals surface area contributed by atoms with Crippen LogP contribution in [-0.4, -0.2) is 41.0 Å². The van der Waals surface area contributed by atoms with E-state index in [0.29, 0.717) is 25.9 Å². The van der Waals surface area contributed by atoms with Crippen molar-refractivity contribution in [1.82, 2.24) is 4.90 Å². The van der Waals surface area contributed by atoms with Crippen LogP contribution < -0.4 is 5.73 Å². The van der Waals surface area contributed by atoms with Gasteiger partial charge in [0, 0.05) is 13.1 Å². The standard InChI is InChI=1S/C9H16N2O3/c1-6(8(10)13)9(14)11-4-2-7(12)3-5-11/h6-7,12H,2-5H2,1H3,(H2,10,13). The maximum Gasteiger partial charge on any atom is 0.234 e. The third-order valence-electron chi connectivity index (χ3n) is 2.57. The highest BCUT2D eigenvalue weighted by Gasteiger charge is 2.27. The fraction of sp³-hybridized carbons (Fsp3) is 0.778. The number of aliphatic hydroxyl groups is 1. The molecule has 1 aliphatic heterocycles. The number of aliphatic hydroxyl groups excluding tert-OH is 1. The van der Waals surface area contributed by atoms with Gasteiger partial charge in [0.05, 0.1) is 6.10 Å². The van der Waals surface area contributed by atoms with Gasteiger partial charge in [-0.1, -0.05) is 0 Å². The number of amides is 2. The predicted octanol–water partition coefficient (Wildman–Crippen LogP) is -0.909. The summed E-state index contributed by atoms with van der Waals surface area (Å²) in [6, 6.07) is 0. The Balaban J connectivity index is 2.49. The van der Waals surface area contributed by atoms with Crippen molar-refractivity contribution in [2.75, 3.05) is 13.1 Å². The molecule has 1 heterocycles. The highest BCUT2D eigenvalue weighted by Crippen LogP contribution is 2.12. The summed E-state index contributed by atoms with van der Waals surface area (Å²) in [5, 5.41) is 9.23. The van der Waals surface area contributed by atoms with Gasteiger partial charge >= 0.3 is 0 Å². The monoisotopic (exact) mass is 200 g/mol. The summed E-state index contributed by atoms with van der Waals surface area (Å²) in [6.07, 6.45) is 0.844. The SMILES string of the molecule is CC(C(N)=O)C(=O)N1CCC(O)CC1. The topological polar surface area (TPSA) is 83.6 Å². The Labute approximate surface area is 82.9 Å². The van der Waals surface area contributed by atoms with E-state index in [1.807, 2.05) is 0 Å². The van der Waals surface area contributed by atoms with Gasteiger partial charge in [-0.2, -0.15) is 0 Å². The third-order valence-corrected chi connectivity index (χ3v) is 2.57. The molecule has 1 rings (SSSR count). The van der Waals surface area contributed by atoms with Crippen LogP contribution in [0.4, 0.5) is 0 Å². The lowest BCUT2D eigenvalue weighted by atomic mass is 10.0. The van der Waals surface area contributed by atoms with Gasteiger partial charge in [0.1, 0.15) is 5.92 Å². The van der Waals surface area contributed by atoms with Crippen molar-refractivity contribution >= 4 is 11.8 Å². The van der Waals surface area contributed by atoms with Crippen LogP contribution in [-0.2, 0) is 9.59 Å². The quantitative estimate of drug-likeness (QED) is 0.566. The van der Waals surface area contributed by atoms with Crippen molar-refractivity contribution in [3.05, 3.63) is 0 Å². The van der Waals surface area contributed by atoms with Gasteiger partial charge in [0.15, 0.2) is 0 Å². The molecule has 14 heavy (non-hydrogen) atoms. The van der Waals surface area contributed by atoms with Crippen molar-refractivity contribution in [1.29, 1.82) is 0 Å². The first-order chi connectivity index (χ1) is 6.52. The molecule has 0 aromatic carbocycles.